The molecule has 1 N–H and O–H groups in total. The SMILES string of the molecule is Cc1c(C)c2c(c(C)c1OCC(=O)O)CCC(C)(CCCCCCCCC#N)O2. The number of nitriles is 1. The lowest BCUT2D eigenvalue weighted by molar-refractivity contribution is -0.139. The van der Waals surface area contributed by atoms with E-state index in [2.05, 4.69) is 13.0 Å². The number of carbonyl (C=O) groups is 1. The maximum absolute atomic E-state index is 10.9. The fraction of sp³-hybridized carbons (Fsp3) is 0.667. The number of unbranched alkanes of at least 4 members (excludes halogenated alkanes) is 6. The molecule has 1 aromatic carbocycles. The molecular formula is C24H35NO4. The van der Waals surface area contributed by atoms with Gasteiger partial charge in [-0.25, -0.2) is 4.79 Å². The summed E-state index contributed by atoms with van der Waals surface area (Å²) in [4.78, 5) is 10.9. The molecule has 160 valence electrons. The van der Waals surface area contributed by atoms with Crippen LogP contribution in [0.4, 0.5) is 0 Å². The smallest absolute Gasteiger partial charge is 0.341 e. The minimum Gasteiger partial charge on any atom is -0.487 e. The lowest BCUT2D eigenvalue weighted by Gasteiger charge is -2.38. The van der Waals surface area contributed by atoms with Crippen molar-refractivity contribution in [2.75, 3.05) is 6.61 Å². The Kier molecular flexibility index (Phi) is 8.37. The molecule has 2 rings (SSSR count). The van der Waals surface area contributed by atoms with Crippen LogP contribution in [-0.2, 0) is 11.2 Å². The zero-order chi connectivity index (χ0) is 21.4. The first-order chi connectivity index (χ1) is 13.8. The van der Waals surface area contributed by atoms with E-state index >= 15 is 0 Å². The Labute approximate surface area is 175 Å². The molecule has 0 amide bonds. The first-order valence-electron chi connectivity index (χ1n) is 10.8. The summed E-state index contributed by atoms with van der Waals surface area (Å²) in [6.45, 7) is 7.90. The Morgan fingerprint density at radius 1 is 1.10 bits per heavy atom. The van der Waals surface area contributed by atoms with E-state index in [1.54, 1.807) is 0 Å². The molecule has 1 unspecified atom stereocenters. The van der Waals surface area contributed by atoms with Crippen molar-refractivity contribution in [1.82, 2.24) is 0 Å². The van der Waals surface area contributed by atoms with Crippen LogP contribution in [0.25, 0.3) is 0 Å². The number of fused-ring (bicyclic) bond motifs is 1. The molecule has 0 aromatic heterocycles. The van der Waals surface area contributed by atoms with Gasteiger partial charge in [-0.1, -0.05) is 25.7 Å². The van der Waals surface area contributed by atoms with Crippen LogP contribution < -0.4 is 9.47 Å². The normalized spacial score (nSPS) is 17.9. The highest BCUT2D eigenvalue weighted by atomic mass is 16.5. The molecule has 1 aliphatic rings. The molecule has 1 aromatic rings. The van der Waals surface area contributed by atoms with Crippen molar-refractivity contribution in [3.63, 3.8) is 0 Å². The third-order valence-corrected chi connectivity index (χ3v) is 6.15. The van der Waals surface area contributed by atoms with Crippen molar-refractivity contribution in [3.05, 3.63) is 22.3 Å². The van der Waals surface area contributed by atoms with Gasteiger partial charge in [0.25, 0.3) is 0 Å². The zero-order valence-electron chi connectivity index (χ0n) is 18.4. The van der Waals surface area contributed by atoms with E-state index in [1.165, 1.54) is 19.3 Å². The summed E-state index contributed by atoms with van der Waals surface area (Å²) in [5.41, 5.74) is 4.02. The largest absolute Gasteiger partial charge is 0.487 e. The van der Waals surface area contributed by atoms with Crippen molar-refractivity contribution >= 4 is 5.97 Å². The summed E-state index contributed by atoms with van der Waals surface area (Å²) < 4.78 is 12.1. The first-order valence-corrected chi connectivity index (χ1v) is 10.8. The Morgan fingerprint density at radius 2 is 1.76 bits per heavy atom. The predicted molar refractivity (Wildman–Crippen MR) is 114 cm³/mol. The average Bonchev–Trinajstić information content (AvgIpc) is 2.68. The van der Waals surface area contributed by atoms with E-state index in [0.29, 0.717) is 12.2 Å². The lowest BCUT2D eigenvalue weighted by atomic mass is 9.84. The van der Waals surface area contributed by atoms with Crippen LogP contribution in [0.5, 0.6) is 11.5 Å². The van der Waals surface area contributed by atoms with Gasteiger partial charge in [-0.3, -0.25) is 0 Å². The van der Waals surface area contributed by atoms with E-state index in [4.69, 9.17) is 19.8 Å². The molecule has 29 heavy (non-hydrogen) atoms. The van der Waals surface area contributed by atoms with E-state index in [1.807, 2.05) is 20.8 Å². The van der Waals surface area contributed by atoms with E-state index < -0.39 is 5.97 Å². The van der Waals surface area contributed by atoms with Crippen molar-refractivity contribution in [1.29, 1.82) is 5.26 Å². The molecule has 5 heteroatoms. The fourth-order valence-corrected chi connectivity index (χ4v) is 4.22. The van der Waals surface area contributed by atoms with Gasteiger partial charge in [-0.05, 0) is 76.5 Å². The van der Waals surface area contributed by atoms with Crippen molar-refractivity contribution < 1.29 is 19.4 Å². The average molecular weight is 402 g/mol. The number of benzene rings is 1. The van der Waals surface area contributed by atoms with Gasteiger partial charge in [0.15, 0.2) is 6.61 Å². The summed E-state index contributed by atoms with van der Waals surface area (Å²) in [7, 11) is 0. The summed E-state index contributed by atoms with van der Waals surface area (Å²) in [6, 6.07) is 2.20. The Morgan fingerprint density at radius 3 is 2.41 bits per heavy atom. The Hall–Kier alpha value is -2.22. The highest BCUT2D eigenvalue weighted by Crippen LogP contribution is 2.44. The van der Waals surface area contributed by atoms with Crippen molar-refractivity contribution in [2.45, 2.75) is 97.5 Å². The van der Waals surface area contributed by atoms with E-state index in [-0.39, 0.29) is 12.2 Å². The molecule has 5 nitrogen and oxygen atoms in total. The Balaban J connectivity index is 1.97. The van der Waals surface area contributed by atoms with Gasteiger partial charge in [0.05, 0.1) is 6.07 Å². The number of aliphatic carboxylic acids is 1. The van der Waals surface area contributed by atoms with Crippen LogP contribution in [0, 0.1) is 32.1 Å². The van der Waals surface area contributed by atoms with Crippen LogP contribution in [0.3, 0.4) is 0 Å². The van der Waals surface area contributed by atoms with Gasteiger partial charge in [0, 0.05) is 12.0 Å². The third kappa shape index (κ3) is 6.13. The third-order valence-electron chi connectivity index (χ3n) is 6.15. The second kappa shape index (κ2) is 10.5. The van der Waals surface area contributed by atoms with Gasteiger partial charge in [0.2, 0.25) is 0 Å². The molecule has 0 fully saturated rings. The molecule has 1 aliphatic heterocycles. The molecule has 0 spiro atoms. The molecule has 0 bridgehead atoms. The van der Waals surface area contributed by atoms with Crippen LogP contribution in [0.15, 0.2) is 0 Å². The predicted octanol–water partition coefficient (Wildman–Crippen LogP) is 5.80. The molecule has 0 aliphatic carbocycles. The number of hydrogen-bond donors (Lipinski definition) is 1. The number of carboxylic acids is 1. The molecule has 1 atom stereocenters. The summed E-state index contributed by atoms with van der Waals surface area (Å²) in [5, 5.41) is 17.5. The van der Waals surface area contributed by atoms with Crippen LogP contribution in [-0.4, -0.2) is 23.3 Å². The second-order valence-corrected chi connectivity index (χ2v) is 8.53. The summed E-state index contributed by atoms with van der Waals surface area (Å²) in [6.07, 6.45) is 10.6. The number of nitrogens with zero attached hydrogens (tertiary/aromatic N) is 1. The molecule has 0 radical (unpaired) electrons. The van der Waals surface area contributed by atoms with Gasteiger partial charge in [0.1, 0.15) is 17.1 Å². The monoisotopic (exact) mass is 401 g/mol. The summed E-state index contributed by atoms with van der Waals surface area (Å²) >= 11 is 0. The maximum atomic E-state index is 10.9. The number of hydrogen-bond acceptors (Lipinski definition) is 4. The topological polar surface area (TPSA) is 79.5 Å². The van der Waals surface area contributed by atoms with Crippen molar-refractivity contribution in [3.8, 4) is 17.6 Å². The van der Waals surface area contributed by atoms with E-state index in [0.717, 1.165) is 66.5 Å². The highest BCUT2D eigenvalue weighted by Gasteiger charge is 2.34. The van der Waals surface area contributed by atoms with Gasteiger partial charge < -0.3 is 14.6 Å². The summed E-state index contributed by atoms with van der Waals surface area (Å²) in [5.74, 6) is 0.688. The fourth-order valence-electron chi connectivity index (χ4n) is 4.22. The molecule has 1 heterocycles. The van der Waals surface area contributed by atoms with Gasteiger partial charge in [-0.2, -0.15) is 5.26 Å². The van der Waals surface area contributed by atoms with Crippen molar-refractivity contribution in [2.24, 2.45) is 0 Å². The van der Waals surface area contributed by atoms with E-state index in [9.17, 15) is 4.79 Å². The Bertz CT molecular complexity index is 765. The van der Waals surface area contributed by atoms with Crippen LogP contribution in [0.1, 0.15) is 87.0 Å². The standard InChI is InChI=1S/C24H35NO4/c1-17-18(2)23-20(19(3)22(17)28-16-21(26)27)12-14-24(4,29-23)13-10-8-6-5-7-9-11-15-25/h5-14,16H2,1-4H3,(H,26,27). The number of rotatable bonds is 11. The molecule has 0 saturated heterocycles. The van der Waals surface area contributed by atoms with Gasteiger partial charge >= 0.3 is 5.97 Å². The zero-order valence-corrected chi connectivity index (χ0v) is 18.4. The van der Waals surface area contributed by atoms with Crippen LogP contribution in [0.2, 0.25) is 0 Å². The van der Waals surface area contributed by atoms with Crippen LogP contribution >= 0.6 is 0 Å². The second-order valence-electron chi connectivity index (χ2n) is 8.53. The minimum absolute atomic E-state index is 0.152. The molecule has 0 saturated carbocycles. The highest BCUT2D eigenvalue weighted by molar-refractivity contribution is 5.69. The number of carboxylic acid groups (broad SMARTS) is 1. The molecular weight excluding hydrogens is 366 g/mol. The lowest BCUT2D eigenvalue weighted by Crippen LogP contribution is -2.37. The maximum Gasteiger partial charge on any atom is 0.341 e. The minimum atomic E-state index is -0.965. The quantitative estimate of drug-likeness (QED) is 0.474. The first kappa shape index (κ1) is 23.1. The number of ether oxygens (including phenoxy) is 2. The van der Waals surface area contributed by atoms with Gasteiger partial charge in [-0.15, -0.1) is 0 Å².